The van der Waals surface area contributed by atoms with Crippen molar-refractivity contribution in [3.63, 3.8) is 0 Å². The van der Waals surface area contributed by atoms with E-state index in [-0.39, 0.29) is 5.91 Å². The minimum atomic E-state index is -0.350. The summed E-state index contributed by atoms with van der Waals surface area (Å²) in [6.07, 6.45) is 6.17. The van der Waals surface area contributed by atoms with E-state index in [0.29, 0.717) is 36.9 Å². The summed E-state index contributed by atoms with van der Waals surface area (Å²) in [4.78, 5) is 12.7. The summed E-state index contributed by atoms with van der Waals surface area (Å²) >= 11 is 7.13. The van der Waals surface area contributed by atoms with Gasteiger partial charge in [-0.1, -0.05) is 56.5 Å². The summed E-state index contributed by atoms with van der Waals surface area (Å²) in [6, 6.07) is 18.8. The lowest BCUT2D eigenvalue weighted by atomic mass is 10.2. The molecule has 0 saturated heterocycles. The molecule has 0 aliphatic rings. The monoisotopic (exact) mass is 630 g/mol. The fourth-order valence-electron chi connectivity index (χ4n) is 3.50. The van der Waals surface area contributed by atoms with Crippen molar-refractivity contribution in [3.05, 3.63) is 86.3 Å². The number of ether oxygens (including phenoxy) is 3. The molecule has 0 aliphatic heterocycles. The second-order valence-electron chi connectivity index (χ2n) is 8.29. The second-order valence-corrected chi connectivity index (χ2v) is 10.00. The van der Waals surface area contributed by atoms with Crippen molar-refractivity contribution in [1.82, 2.24) is 5.43 Å². The summed E-state index contributed by atoms with van der Waals surface area (Å²) in [5.74, 6) is 1.49. The van der Waals surface area contributed by atoms with Crippen molar-refractivity contribution in [2.75, 3.05) is 13.2 Å². The zero-order valence-electron chi connectivity index (χ0n) is 21.1. The highest BCUT2D eigenvalue weighted by atomic mass is 79.9. The number of unbranched alkanes of at least 4 members (excludes halogenated alkanes) is 3. The molecule has 1 amide bonds. The molecule has 0 unspecified atom stereocenters. The lowest BCUT2D eigenvalue weighted by Crippen LogP contribution is -2.17. The van der Waals surface area contributed by atoms with E-state index in [4.69, 9.17) is 14.2 Å². The minimum Gasteiger partial charge on any atom is -0.491 e. The highest BCUT2D eigenvalue weighted by Crippen LogP contribution is 2.34. The maximum absolute atomic E-state index is 12.7. The summed E-state index contributed by atoms with van der Waals surface area (Å²) in [5.41, 5.74) is 4.84. The Bertz CT molecular complexity index is 1160. The summed E-state index contributed by atoms with van der Waals surface area (Å²) in [5, 5.41) is 4.12. The molecular weight excluding hydrogens is 600 g/mol. The molecule has 3 rings (SSSR count). The van der Waals surface area contributed by atoms with Gasteiger partial charge in [-0.3, -0.25) is 4.79 Å². The van der Waals surface area contributed by atoms with E-state index in [1.807, 2.05) is 49.4 Å². The molecular formula is C29H32Br2N2O4. The first-order valence-corrected chi connectivity index (χ1v) is 14.0. The van der Waals surface area contributed by atoms with Gasteiger partial charge in [0.15, 0.2) is 11.5 Å². The number of amides is 1. The smallest absolute Gasteiger partial charge is 0.271 e. The average molecular weight is 632 g/mol. The summed E-state index contributed by atoms with van der Waals surface area (Å²) < 4.78 is 19.2. The number of hydrogen-bond donors (Lipinski definition) is 1. The van der Waals surface area contributed by atoms with Gasteiger partial charge in [-0.15, -0.1) is 0 Å². The van der Waals surface area contributed by atoms with Crippen molar-refractivity contribution in [1.29, 1.82) is 0 Å². The highest BCUT2D eigenvalue weighted by molar-refractivity contribution is 9.11. The predicted molar refractivity (Wildman–Crippen MR) is 155 cm³/mol. The minimum absolute atomic E-state index is 0.350. The summed E-state index contributed by atoms with van der Waals surface area (Å²) in [6.45, 7) is 5.60. The largest absolute Gasteiger partial charge is 0.491 e. The fraction of sp³-hybridized carbons (Fsp3) is 0.310. The van der Waals surface area contributed by atoms with Crippen LogP contribution in [0.15, 0.2) is 74.7 Å². The van der Waals surface area contributed by atoms with Crippen LogP contribution in [0.2, 0.25) is 0 Å². The number of carbonyl (C=O) groups excluding carboxylic acids is 1. The molecule has 0 aromatic heterocycles. The molecule has 37 heavy (non-hydrogen) atoms. The molecule has 6 nitrogen and oxygen atoms in total. The molecule has 0 saturated carbocycles. The Morgan fingerprint density at radius 2 is 1.65 bits per heavy atom. The SMILES string of the molecule is CCCCCCOc1c(Br)cc(/C=N/NC(=O)c2ccc(OCc3ccccc3)c(OCC)c2)cc1Br. The molecule has 3 aromatic carbocycles. The molecule has 0 bridgehead atoms. The molecule has 0 fully saturated rings. The van der Waals surface area contributed by atoms with Gasteiger partial charge in [0, 0.05) is 5.56 Å². The molecule has 0 spiro atoms. The van der Waals surface area contributed by atoms with Gasteiger partial charge in [0.05, 0.1) is 28.4 Å². The van der Waals surface area contributed by atoms with Crippen molar-refractivity contribution in [2.45, 2.75) is 46.1 Å². The van der Waals surface area contributed by atoms with Crippen molar-refractivity contribution >= 4 is 44.0 Å². The number of nitrogens with one attached hydrogen (secondary N) is 1. The number of benzene rings is 3. The van der Waals surface area contributed by atoms with Crippen LogP contribution in [0.3, 0.4) is 0 Å². The van der Waals surface area contributed by atoms with Crippen LogP contribution in [-0.4, -0.2) is 25.3 Å². The number of hydrazone groups is 1. The van der Waals surface area contributed by atoms with Crippen molar-refractivity contribution in [2.24, 2.45) is 5.10 Å². The van der Waals surface area contributed by atoms with E-state index in [0.717, 1.165) is 38.7 Å². The predicted octanol–water partition coefficient (Wildman–Crippen LogP) is 7.91. The van der Waals surface area contributed by atoms with Gasteiger partial charge in [0.2, 0.25) is 0 Å². The number of rotatable bonds is 14. The van der Waals surface area contributed by atoms with Gasteiger partial charge >= 0.3 is 0 Å². The molecule has 8 heteroatoms. The molecule has 3 aromatic rings. The topological polar surface area (TPSA) is 69.2 Å². The quantitative estimate of drug-likeness (QED) is 0.111. The second kappa shape index (κ2) is 15.4. The lowest BCUT2D eigenvalue weighted by Gasteiger charge is -2.13. The van der Waals surface area contributed by atoms with E-state index < -0.39 is 0 Å². The lowest BCUT2D eigenvalue weighted by molar-refractivity contribution is 0.0954. The van der Waals surface area contributed by atoms with Crippen LogP contribution < -0.4 is 19.6 Å². The van der Waals surface area contributed by atoms with Gasteiger partial charge in [-0.25, -0.2) is 5.43 Å². The molecule has 0 atom stereocenters. The van der Waals surface area contributed by atoms with E-state index in [2.05, 4.69) is 49.3 Å². The van der Waals surface area contributed by atoms with Crippen LogP contribution in [0.1, 0.15) is 61.0 Å². The summed E-state index contributed by atoms with van der Waals surface area (Å²) in [7, 11) is 0. The fourth-order valence-corrected chi connectivity index (χ4v) is 4.95. The van der Waals surface area contributed by atoms with Gasteiger partial charge < -0.3 is 14.2 Å². The van der Waals surface area contributed by atoms with Gasteiger partial charge in [0.25, 0.3) is 5.91 Å². The Kier molecular flexibility index (Phi) is 12.0. The number of hydrogen-bond acceptors (Lipinski definition) is 5. The standard InChI is InChI=1S/C29H32Br2N2O4/c1-3-5-6-10-15-36-28-24(30)16-22(17-25(28)31)19-32-33-29(34)23-13-14-26(27(18-23)35-4-2)37-20-21-11-8-7-9-12-21/h7-9,11-14,16-19H,3-6,10,15,20H2,1-2H3,(H,33,34)/b32-19+. The zero-order chi connectivity index (χ0) is 26.5. The van der Waals surface area contributed by atoms with E-state index in [9.17, 15) is 4.79 Å². The molecule has 0 heterocycles. The number of halogens is 2. The first kappa shape index (κ1) is 28.7. The first-order chi connectivity index (χ1) is 18.0. The third kappa shape index (κ3) is 9.20. The first-order valence-electron chi connectivity index (χ1n) is 12.4. The Morgan fingerprint density at radius 3 is 2.35 bits per heavy atom. The van der Waals surface area contributed by atoms with Crippen LogP contribution in [0.25, 0.3) is 0 Å². The average Bonchev–Trinajstić information content (AvgIpc) is 2.90. The van der Waals surface area contributed by atoms with Gasteiger partial charge in [-0.05, 0) is 86.7 Å². The van der Waals surface area contributed by atoms with E-state index in [1.165, 1.54) is 12.8 Å². The highest BCUT2D eigenvalue weighted by Gasteiger charge is 2.12. The molecule has 0 radical (unpaired) electrons. The molecule has 196 valence electrons. The Morgan fingerprint density at radius 1 is 0.892 bits per heavy atom. The van der Waals surface area contributed by atoms with Crippen LogP contribution >= 0.6 is 31.9 Å². The number of carbonyl (C=O) groups is 1. The van der Waals surface area contributed by atoms with Crippen LogP contribution in [0, 0.1) is 0 Å². The number of nitrogens with zero attached hydrogens (tertiary/aromatic N) is 1. The third-order valence-corrected chi connectivity index (χ3v) is 6.57. The van der Waals surface area contributed by atoms with E-state index in [1.54, 1.807) is 24.4 Å². The Labute approximate surface area is 235 Å². The molecule has 0 aliphatic carbocycles. The van der Waals surface area contributed by atoms with Gasteiger partial charge in [-0.2, -0.15) is 5.10 Å². The van der Waals surface area contributed by atoms with Crippen molar-refractivity contribution < 1.29 is 19.0 Å². The Balaban J connectivity index is 1.60. The van der Waals surface area contributed by atoms with Gasteiger partial charge in [0.1, 0.15) is 12.4 Å². The maximum Gasteiger partial charge on any atom is 0.271 e. The van der Waals surface area contributed by atoms with Crippen LogP contribution in [-0.2, 0) is 6.61 Å². The maximum atomic E-state index is 12.7. The normalized spacial score (nSPS) is 10.9. The molecule has 1 N–H and O–H groups in total. The van der Waals surface area contributed by atoms with E-state index >= 15 is 0 Å². The van der Waals surface area contributed by atoms with Crippen molar-refractivity contribution in [3.8, 4) is 17.2 Å². The Hall–Kier alpha value is -2.84. The third-order valence-electron chi connectivity index (χ3n) is 5.39. The van der Waals surface area contributed by atoms with Crippen LogP contribution in [0.4, 0.5) is 0 Å². The van der Waals surface area contributed by atoms with Crippen LogP contribution in [0.5, 0.6) is 17.2 Å². The zero-order valence-corrected chi connectivity index (χ0v) is 24.3.